The van der Waals surface area contributed by atoms with Gasteiger partial charge in [0.2, 0.25) is 5.91 Å². The number of hydrogen-bond donors (Lipinski definition) is 2. The zero-order chi connectivity index (χ0) is 12.3. The molecule has 0 aromatic rings. The molecule has 1 amide bonds. The predicted octanol–water partition coefficient (Wildman–Crippen LogP) is 1.94. The molecule has 0 spiro atoms. The van der Waals surface area contributed by atoms with E-state index in [0.717, 1.165) is 19.3 Å². The van der Waals surface area contributed by atoms with Gasteiger partial charge in [-0.3, -0.25) is 9.59 Å². The molecule has 2 saturated carbocycles. The van der Waals surface area contributed by atoms with Gasteiger partial charge in [-0.2, -0.15) is 0 Å². The van der Waals surface area contributed by atoms with Gasteiger partial charge in [0.05, 0.1) is 5.92 Å². The van der Waals surface area contributed by atoms with E-state index in [1.165, 1.54) is 19.3 Å². The molecule has 96 valence electrons. The Kier molecular flexibility index (Phi) is 4.02. The minimum atomic E-state index is -0.752. The van der Waals surface area contributed by atoms with Gasteiger partial charge >= 0.3 is 5.97 Å². The molecule has 0 unspecified atom stereocenters. The van der Waals surface area contributed by atoms with E-state index >= 15 is 0 Å². The predicted molar refractivity (Wildman–Crippen MR) is 63.5 cm³/mol. The van der Waals surface area contributed by atoms with Crippen molar-refractivity contribution in [3.63, 3.8) is 0 Å². The maximum Gasteiger partial charge on any atom is 0.306 e. The SMILES string of the molecule is O=C(O)[C@H]1CC[C@@H](C(=O)NC2CCCCC2)C1. The van der Waals surface area contributed by atoms with Crippen LogP contribution in [0.3, 0.4) is 0 Å². The summed E-state index contributed by atoms with van der Waals surface area (Å²) in [7, 11) is 0. The van der Waals surface area contributed by atoms with Gasteiger partial charge in [0.1, 0.15) is 0 Å². The number of hydrogen-bond acceptors (Lipinski definition) is 2. The van der Waals surface area contributed by atoms with Gasteiger partial charge in [-0.15, -0.1) is 0 Å². The number of carboxylic acids is 1. The van der Waals surface area contributed by atoms with Crippen molar-refractivity contribution >= 4 is 11.9 Å². The Morgan fingerprint density at radius 2 is 1.59 bits per heavy atom. The lowest BCUT2D eigenvalue weighted by Gasteiger charge is -2.24. The Morgan fingerprint density at radius 3 is 2.18 bits per heavy atom. The largest absolute Gasteiger partial charge is 0.481 e. The van der Waals surface area contributed by atoms with Crippen molar-refractivity contribution in [2.24, 2.45) is 11.8 Å². The van der Waals surface area contributed by atoms with Crippen LogP contribution in [0.4, 0.5) is 0 Å². The van der Waals surface area contributed by atoms with E-state index in [2.05, 4.69) is 5.32 Å². The third-order valence-corrected chi connectivity index (χ3v) is 4.10. The summed E-state index contributed by atoms with van der Waals surface area (Å²) in [6.45, 7) is 0. The molecule has 4 nitrogen and oxygen atoms in total. The fourth-order valence-electron chi connectivity index (χ4n) is 3.01. The van der Waals surface area contributed by atoms with Gasteiger partial charge < -0.3 is 10.4 Å². The molecule has 2 fully saturated rings. The van der Waals surface area contributed by atoms with Crippen molar-refractivity contribution in [2.45, 2.75) is 57.4 Å². The fourth-order valence-corrected chi connectivity index (χ4v) is 3.01. The third-order valence-electron chi connectivity index (χ3n) is 4.10. The highest BCUT2D eigenvalue weighted by Gasteiger charge is 2.34. The van der Waals surface area contributed by atoms with Crippen LogP contribution in [0.15, 0.2) is 0 Å². The van der Waals surface area contributed by atoms with Crippen molar-refractivity contribution in [3.05, 3.63) is 0 Å². The summed E-state index contributed by atoms with van der Waals surface area (Å²) in [6, 6.07) is 0.333. The van der Waals surface area contributed by atoms with Crippen LogP contribution in [0.2, 0.25) is 0 Å². The number of carbonyl (C=O) groups excluding carboxylic acids is 1. The molecule has 0 aliphatic heterocycles. The van der Waals surface area contributed by atoms with Crippen LogP contribution in [0.5, 0.6) is 0 Å². The van der Waals surface area contributed by atoms with E-state index in [4.69, 9.17) is 5.11 Å². The van der Waals surface area contributed by atoms with E-state index in [0.29, 0.717) is 18.9 Å². The van der Waals surface area contributed by atoms with E-state index < -0.39 is 5.97 Å². The van der Waals surface area contributed by atoms with Crippen LogP contribution in [0, 0.1) is 11.8 Å². The first-order valence-electron chi connectivity index (χ1n) is 6.70. The Morgan fingerprint density at radius 1 is 0.941 bits per heavy atom. The van der Waals surface area contributed by atoms with Crippen LogP contribution in [-0.2, 0) is 9.59 Å². The first-order valence-corrected chi connectivity index (χ1v) is 6.70. The van der Waals surface area contributed by atoms with Crippen molar-refractivity contribution in [3.8, 4) is 0 Å². The highest BCUT2D eigenvalue weighted by Crippen LogP contribution is 2.31. The number of rotatable bonds is 3. The van der Waals surface area contributed by atoms with Crippen molar-refractivity contribution < 1.29 is 14.7 Å². The monoisotopic (exact) mass is 239 g/mol. The molecular formula is C13H21NO3. The molecule has 0 aromatic carbocycles. The van der Waals surface area contributed by atoms with E-state index in [9.17, 15) is 9.59 Å². The molecule has 0 aromatic heterocycles. The summed E-state index contributed by atoms with van der Waals surface area (Å²) in [6.07, 6.45) is 7.75. The Balaban J connectivity index is 1.78. The number of nitrogens with one attached hydrogen (secondary N) is 1. The molecule has 0 bridgehead atoms. The number of aliphatic carboxylic acids is 1. The lowest BCUT2D eigenvalue weighted by atomic mass is 9.94. The molecule has 2 atom stereocenters. The van der Waals surface area contributed by atoms with Gasteiger partial charge in [0.15, 0.2) is 0 Å². The third kappa shape index (κ3) is 3.20. The molecule has 2 N–H and O–H groups in total. The molecule has 0 heterocycles. The van der Waals surface area contributed by atoms with Gasteiger partial charge in [0.25, 0.3) is 0 Å². The second kappa shape index (κ2) is 5.52. The van der Waals surface area contributed by atoms with Crippen LogP contribution in [0.25, 0.3) is 0 Å². The first kappa shape index (κ1) is 12.4. The highest BCUT2D eigenvalue weighted by atomic mass is 16.4. The van der Waals surface area contributed by atoms with Crippen molar-refractivity contribution in [1.29, 1.82) is 0 Å². The zero-order valence-electron chi connectivity index (χ0n) is 10.2. The summed E-state index contributed by atoms with van der Waals surface area (Å²) in [5.41, 5.74) is 0. The number of amides is 1. The second-order valence-corrected chi connectivity index (χ2v) is 5.39. The average molecular weight is 239 g/mol. The molecular weight excluding hydrogens is 218 g/mol. The minimum Gasteiger partial charge on any atom is -0.481 e. The first-order chi connectivity index (χ1) is 8.16. The molecule has 0 saturated heterocycles. The number of carboxylic acid groups (broad SMARTS) is 1. The van der Waals surface area contributed by atoms with Crippen molar-refractivity contribution in [1.82, 2.24) is 5.32 Å². The summed E-state index contributed by atoms with van der Waals surface area (Å²) in [5.74, 6) is -1.05. The van der Waals surface area contributed by atoms with E-state index in [1.54, 1.807) is 0 Å². The summed E-state index contributed by atoms with van der Waals surface area (Å²) >= 11 is 0. The van der Waals surface area contributed by atoms with E-state index in [-0.39, 0.29) is 17.7 Å². The molecule has 0 radical (unpaired) electrons. The fraction of sp³-hybridized carbons (Fsp3) is 0.846. The standard InChI is InChI=1S/C13H21NO3/c15-12(14-11-4-2-1-3-5-11)9-6-7-10(8-9)13(16)17/h9-11H,1-8H2,(H,14,15)(H,16,17)/t9-,10+/m1/s1. The van der Waals surface area contributed by atoms with Crippen LogP contribution >= 0.6 is 0 Å². The average Bonchev–Trinajstić information content (AvgIpc) is 2.79. The Labute approximate surface area is 102 Å². The molecule has 17 heavy (non-hydrogen) atoms. The van der Waals surface area contributed by atoms with Crippen LogP contribution in [0.1, 0.15) is 51.4 Å². The van der Waals surface area contributed by atoms with Gasteiger partial charge in [-0.1, -0.05) is 19.3 Å². The van der Waals surface area contributed by atoms with Gasteiger partial charge in [-0.25, -0.2) is 0 Å². The summed E-state index contributed by atoms with van der Waals surface area (Å²) in [5, 5.41) is 12.0. The van der Waals surface area contributed by atoms with Crippen LogP contribution < -0.4 is 5.32 Å². The Bertz CT molecular complexity index is 297. The normalized spacial score (nSPS) is 30.1. The maximum absolute atomic E-state index is 12.0. The summed E-state index contributed by atoms with van der Waals surface area (Å²) in [4.78, 5) is 22.8. The molecule has 2 rings (SSSR count). The highest BCUT2D eigenvalue weighted by molar-refractivity contribution is 5.81. The van der Waals surface area contributed by atoms with E-state index in [1.807, 2.05) is 0 Å². The minimum absolute atomic E-state index is 0.0713. The lowest BCUT2D eigenvalue weighted by Crippen LogP contribution is -2.39. The smallest absolute Gasteiger partial charge is 0.306 e. The zero-order valence-corrected chi connectivity index (χ0v) is 10.2. The lowest BCUT2D eigenvalue weighted by molar-refractivity contribution is -0.141. The molecule has 2 aliphatic carbocycles. The topological polar surface area (TPSA) is 66.4 Å². The van der Waals surface area contributed by atoms with Gasteiger partial charge in [-0.05, 0) is 32.1 Å². The quantitative estimate of drug-likeness (QED) is 0.791. The summed E-state index contributed by atoms with van der Waals surface area (Å²) < 4.78 is 0. The maximum atomic E-state index is 12.0. The van der Waals surface area contributed by atoms with Crippen molar-refractivity contribution in [2.75, 3.05) is 0 Å². The Hall–Kier alpha value is -1.06. The van der Waals surface area contributed by atoms with Crippen LogP contribution in [-0.4, -0.2) is 23.0 Å². The second-order valence-electron chi connectivity index (χ2n) is 5.39. The van der Waals surface area contributed by atoms with Gasteiger partial charge in [0, 0.05) is 12.0 Å². The molecule has 4 heteroatoms. The molecule has 2 aliphatic rings. The number of carbonyl (C=O) groups is 2.